The maximum Gasteiger partial charge on any atom is 0.337 e. The molecule has 2 amide bonds. The number of rotatable bonds is 8. The number of thioether (sulfide) groups is 1. The lowest BCUT2D eigenvalue weighted by Crippen LogP contribution is -2.32. The third-order valence-electron chi connectivity index (χ3n) is 6.11. The van der Waals surface area contributed by atoms with E-state index in [1.54, 1.807) is 12.1 Å². The number of anilines is 1. The molecule has 1 aliphatic heterocycles. The highest BCUT2D eigenvalue weighted by atomic mass is 32.2. The molecule has 1 aliphatic rings. The Morgan fingerprint density at radius 2 is 1.70 bits per heavy atom. The molecule has 40 heavy (non-hydrogen) atoms. The van der Waals surface area contributed by atoms with Crippen molar-refractivity contribution in [2.24, 2.45) is 10.1 Å². The van der Waals surface area contributed by atoms with Crippen LogP contribution in [0.15, 0.2) is 82.7 Å². The summed E-state index contributed by atoms with van der Waals surface area (Å²) in [5, 5.41) is 8.20. The van der Waals surface area contributed by atoms with Gasteiger partial charge in [0.25, 0.3) is 0 Å². The zero-order chi connectivity index (χ0) is 28.9. The fourth-order valence-corrected chi connectivity index (χ4v) is 5.53. The quantitative estimate of drug-likeness (QED) is 0.178. The molecular formula is C28H28N4O6S2. The molecule has 3 aromatic rings. The number of amidine groups is 1. The second-order valence-electron chi connectivity index (χ2n) is 9.03. The number of methoxy groups -OCH3 is 1. The van der Waals surface area contributed by atoms with Crippen molar-refractivity contribution in [3.63, 3.8) is 0 Å². The third kappa shape index (κ3) is 7.14. The molecular weight excluding hydrogens is 552 g/mol. The summed E-state index contributed by atoms with van der Waals surface area (Å²) >= 11 is 1.17. The van der Waals surface area contributed by atoms with Crippen LogP contribution < -0.4 is 15.4 Å². The van der Waals surface area contributed by atoms with Gasteiger partial charge in [-0.2, -0.15) is 0 Å². The molecule has 1 fully saturated rings. The number of nitrogens with two attached hydrogens (primary N) is 1. The summed E-state index contributed by atoms with van der Waals surface area (Å²) in [6.45, 7) is 2.41. The summed E-state index contributed by atoms with van der Waals surface area (Å²) in [7, 11) is -2.49. The Labute approximate surface area is 236 Å². The standard InChI is InChI=1S/C28H28N4O6S2/c1-18-3-9-21(10-4-18)31-28(30-16-15-19-5-13-23(14-6-19)40(29,36)37)39-24-17-25(33)32(26(24)34)22-11-7-20(8-12-22)27(35)38-2/h3-14,24H,15-17H2,1-2H3,(H,30,31)(H2,29,36,37). The number of carbonyl (C=O) groups is 3. The fourth-order valence-electron chi connectivity index (χ4n) is 3.97. The number of aliphatic imine (C=N–C) groups is 1. The second-order valence-corrected chi connectivity index (χ2v) is 11.8. The van der Waals surface area contributed by atoms with E-state index in [0.717, 1.165) is 16.0 Å². The monoisotopic (exact) mass is 580 g/mol. The molecule has 4 rings (SSSR count). The minimum absolute atomic E-state index is 0.00806. The van der Waals surface area contributed by atoms with E-state index in [9.17, 15) is 22.8 Å². The van der Waals surface area contributed by atoms with Crippen LogP contribution in [0.4, 0.5) is 11.4 Å². The number of esters is 1. The predicted molar refractivity (Wildman–Crippen MR) is 154 cm³/mol. The van der Waals surface area contributed by atoms with Crippen molar-refractivity contribution in [1.82, 2.24) is 5.32 Å². The number of nitrogens with one attached hydrogen (secondary N) is 1. The molecule has 1 unspecified atom stereocenters. The molecule has 10 nitrogen and oxygen atoms in total. The number of primary sulfonamides is 1. The molecule has 0 aromatic heterocycles. The second kappa shape index (κ2) is 12.5. The van der Waals surface area contributed by atoms with Crippen LogP contribution >= 0.6 is 11.8 Å². The number of carbonyl (C=O) groups excluding carboxylic acids is 3. The number of hydrogen-bond donors (Lipinski definition) is 2. The number of aryl methyl sites for hydroxylation is 1. The number of hydrogen-bond acceptors (Lipinski definition) is 8. The van der Waals surface area contributed by atoms with Crippen LogP contribution in [0, 0.1) is 6.92 Å². The normalized spacial score (nSPS) is 15.8. The van der Waals surface area contributed by atoms with Crippen molar-refractivity contribution >= 4 is 56.1 Å². The van der Waals surface area contributed by atoms with Crippen LogP contribution in [-0.4, -0.2) is 50.3 Å². The lowest BCUT2D eigenvalue weighted by atomic mass is 10.1. The molecule has 1 saturated heterocycles. The Bertz CT molecular complexity index is 1540. The van der Waals surface area contributed by atoms with Gasteiger partial charge in [0.15, 0.2) is 5.17 Å². The molecule has 12 heteroatoms. The maximum atomic E-state index is 13.3. The molecule has 3 aromatic carbocycles. The van der Waals surface area contributed by atoms with Crippen molar-refractivity contribution in [1.29, 1.82) is 0 Å². The summed E-state index contributed by atoms with van der Waals surface area (Å²) in [4.78, 5) is 43.7. The van der Waals surface area contributed by atoms with Crippen LogP contribution in [0.1, 0.15) is 27.9 Å². The summed E-state index contributed by atoms with van der Waals surface area (Å²) in [5.74, 6) is -1.24. The Balaban J connectivity index is 1.48. The van der Waals surface area contributed by atoms with E-state index < -0.39 is 21.2 Å². The first-order chi connectivity index (χ1) is 19.0. The van der Waals surface area contributed by atoms with Gasteiger partial charge in [-0.15, -0.1) is 0 Å². The highest BCUT2D eigenvalue weighted by Crippen LogP contribution is 2.31. The number of benzene rings is 3. The Kier molecular flexibility index (Phi) is 9.03. The molecule has 0 bridgehead atoms. The van der Waals surface area contributed by atoms with Crippen LogP contribution in [0.25, 0.3) is 0 Å². The van der Waals surface area contributed by atoms with E-state index in [1.807, 2.05) is 31.2 Å². The first-order valence-corrected chi connectivity index (χ1v) is 14.7. The Morgan fingerprint density at radius 1 is 1.05 bits per heavy atom. The van der Waals surface area contributed by atoms with E-state index in [-0.39, 0.29) is 23.1 Å². The van der Waals surface area contributed by atoms with Gasteiger partial charge in [0, 0.05) is 13.0 Å². The minimum atomic E-state index is -3.77. The first-order valence-electron chi connectivity index (χ1n) is 12.3. The van der Waals surface area contributed by atoms with Gasteiger partial charge in [0.2, 0.25) is 21.8 Å². The molecule has 0 saturated carbocycles. The zero-order valence-corrected chi connectivity index (χ0v) is 23.5. The molecule has 3 N–H and O–H groups in total. The average molecular weight is 581 g/mol. The molecule has 1 atom stereocenters. The van der Waals surface area contributed by atoms with Crippen molar-refractivity contribution in [3.8, 4) is 0 Å². The van der Waals surface area contributed by atoms with Gasteiger partial charge in [0.1, 0.15) is 5.25 Å². The molecule has 0 spiro atoms. The van der Waals surface area contributed by atoms with Gasteiger partial charge in [-0.1, -0.05) is 41.6 Å². The van der Waals surface area contributed by atoms with Crippen molar-refractivity contribution < 1.29 is 27.5 Å². The summed E-state index contributed by atoms with van der Waals surface area (Å²) in [5.41, 5.74) is 3.33. The van der Waals surface area contributed by atoms with Gasteiger partial charge < -0.3 is 10.1 Å². The largest absolute Gasteiger partial charge is 0.465 e. The third-order valence-corrected chi connectivity index (χ3v) is 8.15. The van der Waals surface area contributed by atoms with Crippen LogP contribution in [0.3, 0.4) is 0 Å². The van der Waals surface area contributed by atoms with Crippen molar-refractivity contribution in [3.05, 3.63) is 89.5 Å². The van der Waals surface area contributed by atoms with Crippen LogP contribution in [0.2, 0.25) is 0 Å². The van der Waals surface area contributed by atoms with Crippen LogP contribution in [0.5, 0.6) is 0 Å². The highest BCUT2D eigenvalue weighted by Gasteiger charge is 2.40. The van der Waals surface area contributed by atoms with Gasteiger partial charge in [-0.25, -0.2) is 28.2 Å². The van der Waals surface area contributed by atoms with Crippen molar-refractivity contribution in [2.45, 2.75) is 29.9 Å². The number of amides is 2. The van der Waals surface area contributed by atoms with Crippen LogP contribution in [-0.2, 0) is 30.8 Å². The van der Waals surface area contributed by atoms with E-state index in [0.29, 0.717) is 35.1 Å². The van der Waals surface area contributed by atoms with E-state index >= 15 is 0 Å². The van der Waals surface area contributed by atoms with Crippen molar-refractivity contribution in [2.75, 3.05) is 18.6 Å². The fraction of sp³-hybridized carbons (Fsp3) is 0.214. The minimum Gasteiger partial charge on any atom is -0.465 e. The summed E-state index contributed by atoms with van der Waals surface area (Å²) < 4.78 is 27.7. The first kappa shape index (κ1) is 29.0. The zero-order valence-electron chi connectivity index (χ0n) is 21.9. The predicted octanol–water partition coefficient (Wildman–Crippen LogP) is 3.31. The molecule has 1 heterocycles. The number of sulfonamides is 1. The Hall–Kier alpha value is -4.00. The smallest absolute Gasteiger partial charge is 0.337 e. The van der Waals surface area contributed by atoms with Gasteiger partial charge in [0.05, 0.1) is 28.9 Å². The molecule has 0 radical (unpaired) electrons. The topological polar surface area (TPSA) is 148 Å². The lowest BCUT2D eigenvalue weighted by molar-refractivity contribution is -0.121. The Morgan fingerprint density at radius 3 is 2.30 bits per heavy atom. The molecule has 0 aliphatic carbocycles. The number of nitrogens with zero attached hydrogens (tertiary/aromatic N) is 2. The SMILES string of the molecule is COC(=O)c1ccc(N2C(=O)CC(S/C(=N/c3ccc(C)cc3)NCCc3ccc(S(N)(=O)=O)cc3)C2=O)cc1. The summed E-state index contributed by atoms with van der Waals surface area (Å²) in [6, 6.07) is 19.9. The van der Waals surface area contributed by atoms with Gasteiger partial charge in [-0.05, 0) is 67.4 Å². The number of imide groups is 1. The maximum absolute atomic E-state index is 13.3. The number of ether oxygens (including phenoxy) is 1. The highest BCUT2D eigenvalue weighted by molar-refractivity contribution is 8.15. The van der Waals surface area contributed by atoms with E-state index in [4.69, 9.17) is 9.88 Å². The van der Waals surface area contributed by atoms with E-state index in [2.05, 4.69) is 10.3 Å². The molecule has 208 valence electrons. The van der Waals surface area contributed by atoms with E-state index in [1.165, 1.54) is 55.3 Å². The average Bonchev–Trinajstić information content (AvgIpc) is 3.21. The lowest BCUT2D eigenvalue weighted by Gasteiger charge is -2.16. The summed E-state index contributed by atoms with van der Waals surface area (Å²) in [6.07, 6.45) is 0.542. The van der Waals surface area contributed by atoms with Gasteiger partial charge in [-0.3, -0.25) is 9.59 Å². The van der Waals surface area contributed by atoms with Gasteiger partial charge >= 0.3 is 5.97 Å².